The highest BCUT2D eigenvalue weighted by atomic mass is 19.4. The van der Waals surface area contributed by atoms with Crippen LogP contribution in [0.15, 0.2) is 16.8 Å². The van der Waals surface area contributed by atoms with Crippen LogP contribution < -0.4 is 10.6 Å². The molecule has 29 heavy (non-hydrogen) atoms. The number of nitrogens with zero attached hydrogens (tertiary/aromatic N) is 2. The van der Waals surface area contributed by atoms with Crippen LogP contribution in [0.4, 0.5) is 13.2 Å². The van der Waals surface area contributed by atoms with Gasteiger partial charge in [0.25, 0.3) is 0 Å². The molecule has 0 aromatic heterocycles. The van der Waals surface area contributed by atoms with E-state index in [0.717, 1.165) is 0 Å². The number of alkyl halides is 3. The minimum Gasteiger partial charge on any atom is -0.394 e. The van der Waals surface area contributed by atoms with Crippen molar-refractivity contribution in [2.24, 2.45) is 10.9 Å². The van der Waals surface area contributed by atoms with Gasteiger partial charge in [-0.2, -0.15) is 18.2 Å². The van der Waals surface area contributed by atoms with E-state index in [1.807, 2.05) is 0 Å². The minimum atomic E-state index is -5.03. The number of aliphatic imine (C=N–C) groups is 1. The predicted molar refractivity (Wildman–Crippen MR) is 89.9 cm³/mol. The Hall–Kier alpha value is -2.95. The van der Waals surface area contributed by atoms with Gasteiger partial charge in [0.15, 0.2) is 0 Å². The van der Waals surface area contributed by atoms with Crippen LogP contribution in [-0.4, -0.2) is 76.5 Å². The molecule has 0 radical (unpaired) electrons. The Morgan fingerprint density at radius 2 is 2.24 bits per heavy atom. The third-order valence-corrected chi connectivity index (χ3v) is 4.36. The SMILES string of the molecule is N=C1N=C2C(C(=O)N1)C(C#CCNC(=O)C(F)(F)F)=CN2[C@H]1C[C@H](O)[C@@H](CO)O1. The lowest BCUT2D eigenvalue weighted by Crippen LogP contribution is -2.48. The molecule has 3 heterocycles. The summed E-state index contributed by atoms with van der Waals surface area (Å²) in [6.07, 6.45) is -6.13. The summed E-state index contributed by atoms with van der Waals surface area (Å²) in [6.45, 7) is -1.02. The maximum absolute atomic E-state index is 12.3. The first kappa shape index (κ1) is 20.8. The minimum absolute atomic E-state index is 0.0881. The van der Waals surface area contributed by atoms with Crippen molar-refractivity contribution in [3.8, 4) is 11.8 Å². The number of carbonyl (C=O) groups is 2. The van der Waals surface area contributed by atoms with Gasteiger partial charge in [-0.25, -0.2) is 0 Å². The summed E-state index contributed by atoms with van der Waals surface area (Å²) in [5, 5.41) is 30.6. The molecule has 3 aliphatic rings. The Morgan fingerprint density at radius 3 is 2.86 bits per heavy atom. The number of amides is 2. The first-order valence-electron chi connectivity index (χ1n) is 8.38. The number of halogens is 3. The van der Waals surface area contributed by atoms with E-state index in [2.05, 4.69) is 22.2 Å². The predicted octanol–water partition coefficient (Wildman–Crippen LogP) is -1.58. The number of aliphatic hydroxyl groups excluding tert-OH is 2. The molecule has 0 aromatic rings. The molecule has 10 nitrogen and oxygen atoms in total. The number of ether oxygens (including phenoxy) is 1. The second-order valence-electron chi connectivity index (χ2n) is 6.33. The summed E-state index contributed by atoms with van der Waals surface area (Å²) in [5.41, 5.74) is 0.167. The molecule has 1 fully saturated rings. The van der Waals surface area contributed by atoms with Gasteiger partial charge in [0.1, 0.15) is 24.1 Å². The highest BCUT2D eigenvalue weighted by Crippen LogP contribution is 2.33. The van der Waals surface area contributed by atoms with Crippen molar-refractivity contribution in [2.75, 3.05) is 13.2 Å². The Kier molecular flexibility index (Phi) is 5.60. The number of hydrogen-bond donors (Lipinski definition) is 5. The Bertz CT molecular complexity index is 859. The molecule has 2 amide bonds. The molecule has 1 saturated heterocycles. The van der Waals surface area contributed by atoms with Crippen LogP contribution in [0.5, 0.6) is 0 Å². The monoisotopic (exact) mass is 415 g/mol. The van der Waals surface area contributed by atoms with E-state index in [0.29, 0.717) is 0 Å². The van der Waals surface area contributed by atoms with Gasteiger partial charge < -0.3 is 25.2 Å². The standard InChI is InChI=1S/C16H16F3N5O5/c17-16(18,19)14(28)21-3-1-2-7-5-24(10-4-8(26)9(6-25)29-10)12-11(7)13(27)23-15(20)22-12/h5,8-11,25-26H,3-4,6H2,(H,21,28)(H2,20,23,27)/t8-,9+,10+,11?/m0/s1. The lowest BCUT2D eigenvalue weighted by molar-refractivity contribution is -0.173. The number of rotatable bonds is 3. The zero-order chi connectivity index (χ0) is 21.3. The van der Waals surface area contributed by atoms with Crippen molar-refractivity contribution >= 4 is 23.6 Å². The Balaban J connectivity index is 1.80. The van der Waals surface area contributed by atoms with Gasteiger partial charge in [-0.05, 0) is 0 Å². The second kappa shape index (κ2) is 7.82. The molecule has 0 bridgehead atoms. The number of amidine groups is 1. The molecule has 0 aromatic carbocycles. The van der Waals surface area contributed by atoms with Crippen molar-refractivity contribution < 1.29 is 37.7 Å². The maximum Gasteiger partial charge on any atom is 0.471 e. The number of guanidine groups is 1. The van der Waals surface area contributed by atoms with Crippen LogP contribution in [0.3, 0.4) is 0 Å². The van der Waals surface area contributed by atoms with E-state index in [1.165, 1.54) is 11.1 Å². The van der Waals surface area contributed by atoms with Gasteiger partial charge in [-0.15, -0.1) is 0 Å². The maximum atomic E-state index is 12.3. The molecular formula is C16H16F3N5O5. The summed E-state index contributed by atoms with van der Waals surface area (Å²) < 4.78 is 42.1. The summed E-state index contributed by atoms with van der Waals surface area (Å²) in [7, 11) is 0. The van der Waals surface area contributed by atoms with Crippen LogP contribution in [0, 0.1) is 23.2 Å². The summed E-state index contributed by atoms with van der Waals surface area (Å²) in [5.74, 6) is 0.794. The van der Waals surface area contributed by atoms with E-state index in [4.69, 9.17) is 10.1 Å². The van der Waals surface area contributed by atoms with E-state index >= 15 is 0 Å². The molecule has 3 aliphatic heterocycles. The fourth-order valence-electron chi connectivity index (χ4n) is 3.05. The molecule has 13 heteroatoms. The van der Waals surface area contributed by atoms with Crippen LogP contribution in [-0.2, 0) is 14.3 Å². The molecule has 4 atom stereocenters. The van der Waals surface area contributed by atoms with Gasteiger partial charge in [0, 0.05) is 18.2 Å². The molecule has 5 N–H and O–H groups in total. The van der Waals surface area contributed by atoms with Gasteiger partial charge in [0.2, 0.25) is 11.9 Å². The van der Waals surface area contributed by atoms with E-state index < -0.39 is 61.5 Å². The fourth-order valence-corrected chi connectivity index (χ4v) is 3.05. The molecule has 0 spiro atoms. The quantitative estimate of drug-likeness (QED) is 0.352. The van der Waals surface area contributed by atoms with Crippen LogP contribution in [0.2, 0.25) is 0 Å². The average molecular weight is 415 g/mol. The van der Waals surface area contributed by atoms with Crippen molar-refractivity contribution in [2.45, 2.75) is 31.0 Å². The highest BCUT2D eigenvalue weighted by Gasteiger charge is 2.46. The summed E-state index contributed by atoms with van der Waals surface area (Å²) in [6, 6.07) is 0. The Morgan fingerprint density at radius 1 is 1.52 bits per heavy atom. The first-order chi connectivity index (χ1) is 13.6. The molecule has 0 aliphatic carbocycles. The smallest absolute Gasteiger partial charge is 0.394 e. The summed E-state index contributed by atoms with van der Waals surface area (Å²) >= 11 is 0. The van der Waals surface area contributed by atoms with Crippen molar-refractivity contribution in [3.63, 3.8) is 0 Å². The van der Waals surface area contributed by atoms with Gasteiger partial charge >= 0.3 is 12.1 Å². The normalized spacial score (nSPS) is 28.8. The zero-order valence-electron chi connectivity index (χ0n) is 14.7. The molecule has 3 rings (SSSR count). The number of hydrogen-bond acceptors (Lipinski definition) is 7. The lowest BCUT2D eigenvalue weighted by atomic mass is 9.99. The highest BCUT2D eigenvalue weighted by molar-refractivity contribution is 6.19. The molecule has 156 valence electrons. The van der Waals surface area contributed by atoms with Crippen molar-refractivity contribution in [1.29, 1.82) is 5.41 Å². The second-order valence-corrected chi connectivity index (χ2v) is 6.33. The number of carbonyl (C=O) groups excluding carboxylic acids is 2. The molecular weight excluding hydrogens is 399 g/mol. The Labute approximate surface area is 161 Å². The summed E-state index contributed by atoms with van der Waals surface area (Å²) in [4.78, 5) is 28.5. The third kappa shape index (κ3) is 4.24. The topological polar surface area (TPSA) is 147 Å². The van der Waals surface area contributed by atoms with E-state index in [1.54, 1.807) is 5.32 Å². The third-order valence-electron chi connectivity index (χ3n) is 4.36. The van der Waals surface area contributed by atoms with Crippen LogP contribution in [0.1, 0.15) is 6.42 Å². The van der Waals surface area contributed by atoms with E-state index in [-0.39, 0.29) is 17.8 Å². The fraction of sp³-hybridized carbons (Fsp3) is 0.500. The van der Waals surface area contributed by atoms with Gasteiger partial charge in [0.05, 0.1) is 19.3 Å². The van der Waals surface area contributed by atoms with E-state index in [9.17, 15) is 33.0 Å². The van der Waals surface area contributed by atoms with Crippen LogP contribution >= 0.6 is 0 Å². The zero-order valence-corrected chi connectivity index (χ0v) is 14.7. The molecule has 0 saturated carbocycles. The number of aliphatic hydroxyl groups is 2. The largest absolute Gasteiger partial charge is 0.471 e. The van der Waals surface area contributed by atoms with Crippen LogP contribution in [0.25, 0.3) is 0 Å². The van der Waals surface area contributed by atoms with Gasteiger partial charge in [-0.1, -0.05) is 11.8 Å². The first-order valence-corrected chi connectivity index (χ1v) is 8.38. The number of fused-ring (bicyclic) bond motifs is 1. The number of nitrogens with one attached hydrogen (secondary N) is 3. The van der Waals surface area contributed by atoms with Gasteiger partial charge in [-0.3, -0.25) is 20.3 Å². The van der Waals surface area contributed by atoms with Crippen molar-refractivity contribution in [1.82, 2.24) is 15.5 Å². The molecule has 1 unspecified atom stereocenters. The average Bonchev–Trinajstić information content (AvgIpc) is 3.17. The lowest BCUT2D eigenvalue weighted by Gasteiger charge is -2.28. The van der Waals surface area contributed by atoms with Crippen molar-refractivity contribution in [3.05, 3.63) is 11.8 Å².